The number of thiophene rings is 1. The lowest BCUT2D eigenvalue weighted by molar-refractivity contribution is 0.0346. The van der Waals surface area contributed by atoms with Crippen LogP contribution in [0.25, 0.3) is 10.9 Å². The Morgan fingerprint density at radius 2 is 1.35 bits per heavy atom. The molecule has 0 aromatic carbocycles. The summed E-state index contributed by atoms with van der Waals surface area (Å²) in [6, 6.07) is 0. The standard InChI is InChI=1S/C17H26B2N2O4S/c1-11-12-13(21(6)20-11)15(19-24-9-17(4,5)10-25-19)26-14(12)18-22-7-16(2,3)8-23-18/h7-10H2,1-6H3. The molecule has 9 heteroatoms. The van der Waals surface area contributed by atoms with Gasteiger partial charge in [0.15, 0.2) is 0 Å². The van der Waals surface area contributed by atoms with Crippen LogP contribution in [0.5, 0.6) is 0 Å². The van der Waals surface area contributed by atoms with Crippen molar-refractivity contribution < 1.29 is 18.6 Å². The fourth-order valence-electron chi connectivity index (χ4n) is 3.47. The van der Waals surface area contributed by atoms with Gasteiger partial charge in [-0.25, -0.2) is 0 Å². The van der Waals surface area contributed by atoms with Crippen molar-refractivity contribution in [2.24, 2.45) is 17.9 Å². The highest BCUT2D eigenvalue weighted by atomic mass is 32.1. The molecule has 0 bridgehead atoms. The van der Waals surface area contributed by atoms with E-state index in [9.17, 15) is 0 Å². The summed E-state index contributed by atoms with van der Waals surface area (Å²) < 4.78 is 28.2. The van der Waals surface area contributed by atoms with E-state index in [1.165, 1.54) is 0 Å². The highest BCUT2D eigenvalue weighted by Crippen LogP contribution is 2.28. The third-order valence-corrected chi connectivity index (χ3v) is 6.07. The molecule has 2 saturated heterocycles. The number of aromatic nitrogens is 2. The summed E-state index contributed by atoms with van der Waals surface area (Å²) in [5, 5.41) is 5.73. The summed E-state index contributed by atoms with van der Waals surface area (Å²) in [5.41, 5.74) is 2.12. The molecule has 0 amide bonds. The van der Waals surface area contributed by atoms with Crippen LogP contribution in [0.15, 0.2) is 0 Å². The van der Waals surface area contributed by atoms with Crippen LogP contribution >= 0.6 is 11.3 Å². The average Bonchev–Trinajstić information content (AvgIpc) is 3.07. The van der Waals surface area contributed by atoms with Crippen LogP contribution in [0.3, 0.4) is 0 Å². The third-order valence-electron chi connectivity index (χ3n) is 4.85. The van der Waals surface area contributed by atoms with E-state index in [-0.39, 0.29) is 25.1 Å². The Morgan fingerprint density at radius 1 is 0.885 bits per heavy atom. The van der Waals surface area contributed by atoms with E-state index in [0.717, 1.165) is 26.1 Å². The van der Waals surface area contributed by atoms with E-state index in [1.807, 2.05) is 18.7 Å². The Labute approximate surface area is 159 Å². The second-order valence-electron chi connectivity index (χ2n) is 9.00. The molecule has 0 spiro atoms. The lowest BCUT2D eigenvalue weighted by Gasteiger charge is -2.33. The van der Waals surface area contributed by atoms with E-state index in [1.54, 1.807) is 11.3 Å². The molecule has 0 N–H and O–H groups in total. The predicted molar refractivity (Wildman–Crippen MR) is 105 cm³/mol. The summed E-state index contributed by atoms with van der Waals surface area (Å²) in [4.78, 5) is 0. The highest BCUT2D eigenvalue weighted by molar-refractivity contribution is 7.32. The van der Waals surface area contributed by atoms with E-state index in [2.05, 4.69) is 32.8 Å². The van der Waals surface area contributed by atoms with Crippen molar-refractivity contribution in [2.45, 2.75) is 34.6 Å². The van der Waals surface area contributed by atoms with Gasteiger partial charge in [0.2, 0.25) is 0 Å². The number of nitrogens with zero attached hydrogens (tertiary/aromatic N) is 2. The van der Waals surface area contributed by atoms with Gasteiger partial charge in [0, 0.05) is 54.5 Å². The first-order valence-electron chi connectivity index (χ1n) is 9.09. The zero-order chi connectivity index (χ0) is 18.7. The van der Waals surface area contributed by atoms with Crippen LogP contribution in [0.2, 0.25) is 0 Å². The molecule has 2 aliphatic heterocycles. The van der Waals surface area contributed by atoms with Gasteiger partial charge in [0.1, 0.15) is 0 Å². The Bertz CT molecular complexity index is 749. The topological polar surface area (TPSA) is 54.7 Å². The van der Waals surface area contributed by atoms with Crippen LogP contribution in [0.1, 0.15) is 33.4 Å². The number of rotatable bonds is 2. The van der Waals surface area contributed by atoms with Crippen molar-refractivity contribution in [2.75, 3.05) is 26.4 Å². The van der Waals surface area contributed by atoms with Crippen LogP contribution in [0.4, 0.5) is 0 Å². The van der Waals surface area contributed by atoms with Crippen LogP contribution in [-0.4, -0.2) is 50.4 Å². The average molecular weight is 376 g/mol. The SMILES string of the molecule is Cc1nn(C)c2c(B3OCC(C)(C)CO3)sc(B3OCC(C)(C)CO3)c12. The Kier molecular flexibility index (Phi) is 4.51. The van der Waals surface area contributed by atoms with Gasteiger partial charge >= 0.3 is 14.2 Å². The first-order valence-corrected chi connectivity index (χ1v) is 9.91. The number of fused-ring (bicyclic) bond motifs is 1. The zero-order valence-electron chi connectivity index (χ0n) is 16.4. The van der Waals surface area contributed by atoms with Crippen LogP contribution in [0, 0.1) is 17.8 Å². The van der Waals surface area contributed by atoms with E-state index in [0.29, 0.717) is 26.4 Å². The van der Waals surface area contributed by atoms with Crippen molar-refractivity contribution >= 4 is 46.0 Å². The molecule has 0 unspecified atom stereocenters. The molecule has 4 rings (SSSR count). The van der Waals surface area contributed by atoms with Gasteiger partial charge in [0.05, 0.1) is 16.0 Å². The molecule has 26 heavy (non-hydrogen) atoms. The molecule has 6 nitrogen and oxygen atoms in total. The summed E-state index contributed by atoms with van der Waals surface area (Å²) in [5.74, 6) is 0. The van der Waals surface area contributed by atoms with Gasteiger partial charge in [-0.3, -0.25) is 4.68 Å². The first kappa shape index (κ1) is 18.5. The minimum atomic E-state index is -0.362. The smallest absolute Gasteiger partial charge is 0.406 e. The monoisotopic (exact) mass is 376 g/mol. The molecule has 0 aliphatic carbocycles. The lowest BCUT2D eigenvalue weighted by atomic mass is 9.79. The molecular weight excluding hydrogens is 350 g/mol. The molecular formula is C17H26B2N2O4S. The zero-order valence-corrected chi connectivity index (χ0v) is 17.2. The van der Waals surface area contributed by atoms with Gasteiger partial charge in [-0.2, -0.15) is 16.4 Å². The fourth-order valence-corrected chi connectivity index (χ4v) is 4.85. The molecule has 2 aromatic rings. The molecule has 0 atom stereocenters. The van der Waals surface area contributed by atoms with Gasteiger partial charge in [0.25, 0.3) is 0 Å². The van der Waals surface area contributed by atoms with Crippen LogP contribution in [-0.2, 0) is 25.7 Å². The van der Waals surface area contributed by atoms with E-state index < -0.39 is 0 Å². The summed E-state index contributed by atoms with van der Waals surface area (Å²) in [6.07, 6.45) is 0. The normalized spacial score (nSPS) is 23.0. The maximum Gasteiger partial charge on any atom is 0.506 e. The van der Waals surface area contributed by atoms with Gasteiger partial charge in [-0.1, -0.05) is 27.7 Å². The van der Waals surface area contributed by atoms with Crippen LogP contribution < -0.4 is 9.55 Å². The second-order valence-corrected chi connectivity index (χ2v) is 10.1. The Morgan fingerprint density at radius 3 is 1.85 bits per heavy atom. The van der Waals surface area contributed by atoms with Crippen molar-refractivity contribution in [3.63, 3.8) is 0 Å². The molecule has 0 saturated carbocycles. The maximum absolute atomic E-state index is 6.05. The molecule has 0 radical (unpaired) electrons. The summed E-state index contributed by atoms with van der Waals surface area (Å²) >= 11 is 1.66. The van der Waals surface area contributed by atoms with Gasteiger partial charge in [-0.15, -0.1) is 0 Å². The van der Waals surface area contributed by atoms with Crippen molar-refractivity contribution in [3.8, 4) is 0 Å². The minimum Gasteiger partial charge on any atom is -0.406 e. The van der Waals surface area contributed by atoms with Gasteiger partial charge in [-0.05, 0) is 6.92 Å². The maximum atomic E-state index is 6.05. The number of hydrogen-bond donors (Lipinski definition) is 0. The van der Waals surface area contributed by atoms with Gasteiger partial charge < -0.3 is 18.6 Å². The molecule has 2 fully saturated rings. The largest absolute Gasteiger partial charge is 0.506 e. The van der Waals surface area contributed by atoms with E-state index >= 15 is 0 Å². The van der Waals surface area contributed by atoms with Crippen molar-refractivity contribution in [1.82, 2.24) is 9.78 Å². The highest BCUT2D eigenvalue weighted by Gasteiger charge is 2.41. The van der Waals surface area contributed by atoms with Crippen molar-refractivity contribution in [1.29, 1.82) is 0 Å². The predicted octanol–water partition coefficient (Wildman–Crippen LogP) is 1.48. The third kappa shape index (κ3) is 3.24. The minimum absolute atomic E-state index is 0.0409. The Balaban J connectivity index is 1.71. The quantitative estimate of drug-likeness (QED) is 0.744. The summed E-state index contributed by atoms with van der Waals surface area (Å²) in [6.45, 7) is 13.3. The molecule has 140 valence electrons. The van der Waals surface area contributed by atoms with E-state index in [4.69, 9.17) is 18.6 Å². The number of aryl methyl sites for hydroxylation is 2. The summed E-state index contributed by atoms with van der Waals surface area (Å²) in [7, 11) is 1.25. The molecule has 2 aromatic heterocycles. The van der Waals surface area contributed by atoms with Crippen molar-refractivity contribution in [3.05, 3.63) is 5.69 Å². The first-order chi connectivity index (χ1) is 12.2. The fraction of sp³-hybridized carbons (Fsp3) is 0.706. The molecule has 4 heterocycles. The molecule has 2 aliphatic rings. The Hall–Kier alpha value is -0.860. The second kappa shape index (κ2) is 6.34. The number of hydrogen-bond acceptors (Lipinski definition) is 6. The lowest BCUT2D eigenvalue weighted by Crippen LogP contribution is -2.48.